The maximum Gasteiger partial charge on any atom is 0.419 e. The second kappa shape index (κ2) is 4.38. The smallest absolute Gasteiger partial charge is 0.419 e. The highest BCUT2D eigenvalue weighted by Gasteiger charge is 2.35. The van der Waals surface area contributed by atoms with Crippen LogP contribution in [0.3, 0.4) is 0 Å². The zero-order valence-corrected chi connectivity index (χ0v) is 9.83. The number of hydrogen-bond acceptors (Lipinski definition) is 2. The van der Waals surface area contributed by atoms with Gasteiger partial charge in [-0.05, 0) is 30.7 Å². The molecule has 2 rings (SSSR count). The lowest BCUT2D eigenvalue weighted by molar-refractivity contribution is -0.140. The Balaban J connectivity index is 2.46. The van der Waals surface area contributed by atoms with Gasteiger partial charge >= 0.3 is 6.18 Å². The zero-order valence-electron chi connectivity index (χ0n) is 9.83. The number of halogens is 4. The number of benzene rings is 1. The molecule has 1 aromatic carbocycles. The molecule has 0 aliphatic carbocycles. The van der Waals surface area contributed by atoms with E-state index in [1.807, 2.05) is 0 Å². The summed E-state index contributed by atoms with van der Waals surface area (Å²) >= 11 is 0. The van der Waals surface area contributed by atoms with Crippen LogP contribution in [0, 0.1) is 5.82 Å². The Labute approximate surface area is 106 Å². The van der Waals surface area contributed by atoms with E-state index in [0.29, 0.717) is 17.7 Å². The Bertz CT molecular complexity index is 571. The molecule has 0 saturated heterocycles. The van der Waals surface area contributed by atoms with Crippen molar-refractivity contribution in [2.24, 2.45) is 0 Å². The molecule has 1 unspecified atom stereocenters. The first-order valence-electron chi connectivity index (χ1n) is 5.35. The lowest BCUT2D eigenvalue weighted by Gasteiger charge is -2.23. The fourth-order valence-electron chi connectivity index (χ4n) is 1.76. The summed E-state index contributed by atoms with van der Waals surface area (Å²) in [6.07, 6.45) is -2.20. The van der Waals surface area contributed by atoms with Gasteiger partial charge in [-0.15, -0.1) is 0 Å². The molecular formula is C13H10F4O2. The third-order valence-corrected chi connectivity index (χ3v) is 2.92. The summed E-state index contributed by atoms with van der Waals surface area (Å²) in [7, 11) is 0. The van der Waals surface area contributed by atoms with Crippen molar-refractivity contribution in [3.8, 4) is 0 Å². The monoisotopic (exact) mass is 274 g/mol. The number of alkyl halides is 3. The van der Waals surface area contributed by atoms with Gasteiger partial charge in [0.15, 0.2) is 0 Å². The first kappa shape index (κ1) is 13.6. The molecule has 0 fully saturated rings. The SMILES string of the molecule is CC(O)(c1ccoc1)c1ccc(C(F)(F)F)c(F)c1. The Morgan fingerprint density at radius 3 is 2.26 bits per heavy atom. The highest BCUT2D eigenvalue weighted by atomic mass is 19.4. The van der Waals surface area contributed by atoms with E-state index in [1.54, 1.807) is 0 Å². The van der Waals surface area contributed by atoms with Gasteiger partial charge in [0.25, 0.3) is 0 Å². The lowest BCUT2D eigenvalue weighted by atomic mass is 9.89. The van der Waals surface area contributed by atoms with E-state index in [0.717, 1.165) is 6.07 Å². The van der Waals surface area contributed by atoms with Gasteiger partial charge in [0.2, 0.25) is 0 Å². The van der Waals surface area contributed by atoms with Crippen molar-refractivity contribution >= 4 is 0 Å². The van der Waals surface area contributed by atoms with E-state index in [2.05, 4.69) is 0 Å². The number of aliphatic hydroxyl groups is 1. The topological polar surface area (TPSA) is 33.4 Å². The molecule has 0 bridgehead atoms. The van der Waals surface area contributed by atoms with Crippen molar-refractivity contribution in [2.45, 2.75) is 18.7 Å². The molecule has 0 radical (unpaired) electrons. The first-order chi connectivity index (χ1) is 8.73. The maximum atomic E-state index is 13.5. The van der Waals surface area contributed by atoms with Gasteiger partial charge in [-0.1, -0.05) is 6.07 Å². The van der Waals surface area contributed by atoms with Crippen LogP contribution in [0.2, 0.25) is 0 Å². The minimum Gasteiger partial charge on any atom is -0.472 e. The summed E-state index contributed by atoms with van der Waals surface area (Å²) in [4.78, 5) is 0. The standard InChI is InChI=1S/C13H10F4O2/c1-12(18,9-4-5-19-7-9)8-2-3-10(11(14)6-8)13(15,16)17/h2-7,18H,1H3. The largest absolute Gasteiger partial charge is 0.472 e. The molecule has 0 aliphatic rings. The summed E-state index contributed by atoms with van der Waals surface area (Å²) in [5.41, 5.74) is -2.65. The van der Waals surface area contributed by atoms with Crippen molar-refractivity contribution in [3.63, 3.8) is 0 Å². The van der Waals surface area contributed by atoms with Gasteiger partial charge in [0.1, 0.15) is 11.4 Å². The Morgan fingerprint density at radius 1 is 1.11 bits per heavy atom. The van der Waals surface area contributed by atoms with Crippen molar-refractivity contribution in [3.05, 3.63) is 59.3 Å². The molecule has 2 aromatic rings. The van der Waals surface area contributed by atoms with Crippen LogP contribution in [0.15, 0.2) is 41.2 Å². The van der Waals surface area contributed by atoms with Gasteiger partial charge in [-0.25, -0.2) is 4.39 Å². The van der Waals surface area contributed by atoms with Crippen LogP contribution in [0.25, 0.3) is 0 Å². The van der Waals surface area contributed by atoms with Crippen molar-refractivity contribution in [2.75, 3.05) is 0 Å². The maximum absolute atomic E-state index is 13.5. The highest BCUT2D eigenvalue weighted by Crippen LogP contribution is 2.35. The van der Waals surface area contributed by atoms with Crippen molar-refractivity contribution < 1.29 is 27.1 Å². The summed E-state index contributed by atoms with van der Waals surface area (Å²) in [6, 6.07) is 3.78. The molecule has 1 heterocycles. The molecule has 1 atom stereocenters. The minimum atomic E-state index is -4.76. The average molecular weight is 274 g/mol. The molecular weight excluding hydrogens is 264 g/mol. The van der Waals surface area contributed by atoms with Crippen LogP contribution in [-0.2, 0) is 11.8 Å². The van der Waals surface area contributed by atoms with Crippen LogP contribution in [0.4, 0.5) is 17.6 Å². The van der Waals surface area contributed by atoms with Gasteiger partial charge in [-0.3, -0.25) is 0 Å². The van der Waals surface area contributed by atoms with E-state index >= 15 is 0 Å². The molecule has 1 aromatic heterocycles. The van der Waals surface area contributed by atoms with Gasteiger partial charge in [-0.2, -0.15) is 13.2 Å². The van der Waals surface area contributed by atoms with E-state index in [4.69, 9.17) is 4.42 Å². The predicted octanol–water partition coefficient (Wildman–Crippen LogP) is 3.69. The number of hydrogen-bond donors (Lipinski definition) is 1. The molecule has 6 heteroatoms. The molecule has 0 saturated carbocycles. The first-order valence-corrected chi connectivity index (χ1v) is 5.35. The number of rotatable bonds is 2. The molecule has 1 N–H and O–H groups in total. The molecule has 19 heavy (non-hydrogen) atoms. The molecule has 102 valence electrons. The van der Waals surface area contributed by atoms with Crippen LogP contribution < -0.4 is 0 Å². The predicted molar refractivity (Wildman–Crippen MR) is 58.8 cm³/mol. The quantitative estimate of drug-likeness (QED) is 0.847. The molecule has 2 nitrogen and oxygen atoms in total. The molecule has 0 aliphatic heterocycles. The zero-order chi connectivity index (χ0) is 14.3. The van der Waals surface area contributed by atoms with Gasteiger partial charge < -0.3 is 9.52 Å². The third-order valence-electron chi connectivity index (χ3n) is 2.92. The number of furan rings is 1. The van der Waals surface area contributed by atoms with E-state index in [-0.39, 0.29) is 5.56 Å². The Morgan fingerprint density at radius 2 is 1.79 bits per heavy atom. The van der Waals surface area contributed by atoms with Crippen LogP contribution in [0.1, 0.15) is 23.6 Å². The fraction of sp³-hybridized carbons (Fsp3) is 0.231. The lowest BCUT2D eigenvalue weighted by Crippen LogP contribution is -2.23. The summed E-state index contributed by atoms with van der Waals surface area (Å²) < 4.78 is 55.6. The Kier molecular flexibility index (Phi) is 3.14. The second-order valence-electron chi connectivity index (χ2n) is 4.28. The van der Waals surface area contributed by atoms with Gasteiger partial charge in [0, 0.05) is 5.56 Å². The van der Waals surface area contributed by atoms with E-state index in [9.17, 15) is 22.7 Å². The van der Waals surface area contributed by atoms with Crippen LogP contribution in [0.5, 0.6) is 0 Å². The van der Waals surface area contributed by atoms with Crippen LogP contribution in [-0.4, -0.2) is 5.11 Å². The van der Waals surface area contributed by atoms with E-state index in [1.165, 1.54) is 25.5 Å². The highest BCUT2D eigenvalue weighted by molar-refractivity contribution is 5.36. The second-order valence-corrected chi connectivity index (χ2v) is 4.28. The molecule has 0 spiro atoms. The average Bonchev–Trinajstić information content (AvgIpc) is 2.80. The fourth-order valence-corrected chi connectivity index (χ4v) is 1.76. The summed E-state index contributed by atoms with van der Waals surface area (Å²) in [5.74, 6) is -1.42. The Hall–Kier alpha value is -1.82. The normalized spacial score (nSPS) is 15.3. The summed E-state index contributed by atoms with van der Waals surface area (Å²) in [5, 5.41) is 10.3. The van der Waals surface area contributed by atoms with Crippen molar-refractivity contribution in [1.29, 1.82) is 0 Å². The minimum absolute atomic E-state index is 0.0133. The van der Waals surface area contributed by atoms with E-state index < -0.39 is 23.2 Å². The third kappa shape index (κ3) is 2.49. The summed E-state index contributed by atoms with van der Waals surface area (Å²) in [6.45, 7) is 1.35. The van der Waals surface area contributed by atoms with Gasteiger partial charge in [0.05, 0.1) is 18.1 Å². The molecule has 0 amide bonds. The van der Waals surface area contributed by atoms with Crippen LogP contribution >= 0.6 is 0 Å². The van der Waals surface area contributed by atoms with Crippen molar-refractivity contribution in [1.82, 2.24) is 0 Å².